The third-order valence-corrected chi connectivity index (χ3v) is 4.17. The topological polar surface area (TPSA) is 68.5 Å². The standard InChI is InChI=1S/C17H19ClN4O2/c1-3-22-10-14(11(2)20-22)15-8-16(24-21-15)17(23)19-9-12-4-6-13(18)7-5-12/h4-7,10,16H,3,8-9H2,1-2H3,(H,19,23). The Hall–Kier alpha value is -2.34. The molecule has 24 heavy (non-hydrogen) atoms. The Labute approximate surface area is 145 Å². The van der Waals surface area contributed by atoms with Gasteiger partial charge in [0.05, 0.1) is 11.4 Å². The smallest absolute Gasteiger partial charge is 0.264 e. The van der Waals surface area contributed by atoms with Crippen molar-refractivity contribution in [3.8, 4) is 0 Å². The summed E-state index contributed by atoms with van der Waals surface area (Å²) in [6.07, 6.45) is 1.78. The first-order chi connectivity index (χ1) is 11.6. The van der Waals surface area contributed by atoms with E-state index in [1.54, 1.807) is 12.1 Å². The van der Waals surface area contributed by atoms with Crippen LogP contribution in [0.4, 0.5) is 0 Å². The lowest BCUT2D eigenvalue weighted by Gasteiger charge is -2.09. The van der Waals surface area contributed by atoms with Gasteiger partial charge < -0.3 is 10.2 Å². The molecular weight excluding hydrogens is 328 g/mol. The fourth-order valence-corrected chi connectivity index (χ4v) is 2.67. The first-order valence-corrected chi connectivity index (χ1v) is 8.24. The molecule has 1 aromatic heterocycles. The van der Waals surface area contributed by atoms with E-state index in [4.69, 9.17) is 16.4 Å². The zero-order chi connectivity index (χ0) is 17.1. The second kappa shape index (κ2) is 7.05. The van der Waals surface area contributed by atoms with Crippen molar-refractivity contribution in [1.29, 1.82) is 0 Å². The van der Waals surface area contributed by atoms with Crippen molar-refractivity contribution >= 4 is 23.2 Å². The summed E-state index contributed by atoms with van der Waals surface area (Å²) >= 11 is 5.85. The van der Waals surface area contributed by atoms with Gasteiger partial charge in [-0.05, 0) is 31.5 Å². The molecule has 0 radical (unpaired) electrons. The van der Waals surface area contributed by atoms with Gasteiger partial charge in [0.25, 0.3) is 5.91 Å². The van der Waals surface area contributed by atoms with Crippen LogP contribution in [0, 0.1) is 6.92 Å². The van der Waals surface area contributed by atoms with Gasteiger partial charge in [-0.2, -0.15) is 5.10 Å². The van der Waals surface area contributed by atoms with Gasteiger partial charge in [0.1, 0.15) is 0 Å². The summed E-state index contributed by atoms with van der Waals surface area (Å²) < 4.78 is 1.85. The number of aromatic nitrogens is 2. The molecule has 0 fully saturated rings. The SMILES string of the molecule is CCn1cc(C2=NOC(C(=O)NCc3ccc(Cl)cc3)C2)c(C)n1. The number of hydrogen-bond donors (Lipinski definition) is 1. The summed E-state index contributed by atoms with van der Waals surface area (Å²) in [7, 11) is 0. The number of nitrogens with one attached hydrogen (secondary N) is 1. The van der Waals surface area contributed by atoms with Gasteiger partial charge in [-0.15, -0.1) is 0 Å². The summed E-state index contributed by atoms with van der Waals surface area (Å²) in [6.45, 7) is 5.17. The predicted octanol–water partition coefficient (Wildman–Crippen LogP) is 2.67. The van der Waals surface area contributed by atoms with Gasteiger partial charge in [-0.25, -0.2) is 0 Å². The van der Waals surface area contributed by atoms with Crippen molar-refractivity contribution in [2.24, 2.45) is 5.16 Å². The van der Waals surface area contributed by atoms with E-state index in [1.807, 2.05) is 36.9 Å². The lowest BCUT2D eigenvalue weighted by atomic mass is 10.1. The molecular formula is C17H19ClN4O2. The van der Waals surface area contributed by atoms with Gasteiger partial charge >= 0.3 is 0 Å². The number of halogens is 1. The third kappa shape index (κ3) is 3.59. The molecule has 7 heteroatoms. The van der Waals surface area contributed by atoms with E-state index in [2.05, 4.69) is 15.6 Å². The van der Waals surface area contributed by atoms with Crippen molar-refractivity contribution in [2.75, 3.05) is 0 Å². The van der Waals surface area contributed by atoms with Crippen LogP contribution in [0.5, 0.6) is 0 Å². The van der Waals surface area contributed by atoms with Crippen LogP contribution >= 0.6 is 11.6 Å². The highest BCUT2D eigenvalue weighted by Gasteiger charge is 2.30. The number of amides is 1. The van der Waals surface area contributed by atoms with Gasteiger partial charge in [-0.1, -0.05) is 28.9 Å². The Balaban J connectivity index is 1.56. The number of hydrogen-bond acceptors (Lipinski definition) is 4. The van der Waals surface area contributed by atoms with E-state index in [0.717, 1.165) is 29.1 Å². The van der Waals surface area contributed by atoms with Crippen molar-refractivity contribution in [3.63, 3.8) is 0 Å². The summed E-state index contributed by atoms with van der Waals surface area (Å²) in [4.78, 5) is 17.6. The minimum atomic E-state index is -0.600. The number of aryl methyl sites for hydroxylation is 2. The van der Waals surface area contributed by atoms with Crippen LogP contribution in [0.25, 0.3) is 0 Å². The molecule has 1 amide bonds. The third-order valence-electron chi connectivity index (χ3n) is 3.92. The molecule has 0 saturated carbocycles. The van der Waals surface area contributed by atoms with Crippen LogP contribution in [0.2, 0.25) is 5.02 Å². The average Bonchev–Trinajstić information content (AvgIpc) is 3.20. The number of benzene rings is 1. The van der Waals surface area contributed by atoms with E-state index < -0.39 is 6.10 Å². The number of carbonyl (C=O) groups is 1. The largest absolute Gasteiger partial charge is 0.382 e. The normalized spacial score (nSPS) is 16.6. The Bertz CT molecular complexity index is 767. The molecule has 1 unspecified atom stereocenters. The number of oxime groups is 1. The molecule has 2 heterocycles. The molecule has 6 nitrogen and oxygen atoms in total. The molecule has 1 aromatic carbocycles. The average molecular weight is 347 g/mol. The molecule has 126 valence electrons. The Morgan fingerprint density at radius 1 is 1.42 bits per heavy atom. The highest BCUT2D eigenvalue weighted by molar-refractivity contribution is 6.30. The lowest BCUT2D eigenvalue weighted by Crippen LogP contribution is -2.34. The van der Waals surface area contributed by atoms with Crippen molar-refractivity contribution in [1.82, 2.24) is 15.1 Å². The van der Waals surface area contributed by atoms with Crippen LogP contribution in [0.1, 0.15) is 30.2 Å². The maximum atomic E-state index is 12.3. The first-order valence-electron chi connectivity index (χ1n) is 7.86. The Kier molecular flexibility index (Phi) is 4.85. The maximum Gasteiger partial charge on any atom is 0.264 e. The fourth-order valence-electron chi connectivity index (χ4n) is 2.55. The van der Waals surface area contributed by atoms with Gasteiger partial charge in [0.15, 0.2) is 0 Å². The summed E-state index contributed by atoms with van der Waals surface area (Å²) in [5, 5.41) is 12.0. The summed E-state index contributed by atoms with van der Waals surface area (Å²) in [5.41, 5.74) is 3.57. The first kappa shape index (κ1) is 16.5. The van der Waals surface area contributed by atoms with Crippen molar-refractivity contribution in [2.45, 2.75) is 39.5 Å². The Morgan fingerprint density at radius 2 is 2.17 bits per heavy atom. The zero-order valence-electron chi connectivity index (χ0n) is 13.6. The van der Waals surface area contributed by atoms with Gasteiger partial charge in [0.2, 0.25) is 6.10 Å². The van der Waals surface area contributed by atoms with E-state index in [-0.39, 0.29) is 5.91 Å². The van der Waals surface area contributed by atoms with E-state index >= 15 is 0 Å². The van der Waals surface area contributed by atoms with Crippen LogP contribution in [0.15, 0.2) is 35.6 Å². The monoisotopic (exact) mass is 346 g/mol. The van der Waals surface area contributed by atoms with E-state index in [0.29, 0.717) is 18.0 Å². The molecule has 3 rings (SSSR count). The molecule has 1 aliphatic rings. The van der Waals surface area contributed by atoms with E-state index in [1.165, 1.54) is 0 Å². The number of nitrogens with zero attached hydrogens (tertiary/aromatic N) is 3. The minimum absolute atomic E-state index is 0.177. The zero-order valence-corrected chi connectivity index (χ0v) is 14.4. The molecule has 0 saturated heterocycles. The minimum Gasteiger partial charge on any atom is -0.382 e. The lowest BCUT2D eigenvalue weighted by molar-refractivity contribution is -0.131. The molecule has 1 N–H and O–H groups in total. The predicted molar refractivity (Wildman–Crippen MR) is 92.0 cm³/mol. The van der Waals surface area contributed by atoms with Crippen LogP contribution in [0.3, 0.4) is 0 Å². The summed E-state index contributed by atoms with van der Waals surface area (Å²) in [5.74, 6) is -0.177. The van der Waals surface area contributed by atoms with Crippen LogP contribution in [-0.4, -0.2) is 27.5 Å². The highest BCUT2D eigenvalue weighted by Crippen LogP contribution is 2.19. The number of rotatable bonds is 5. The van der Waals surface area contributed by atoms with Gasteiger partial charge in [-0.3, -0.25) is 9.48 Å². The molecule has 0 bridgehead atoms. The number of carbonyl (C=O) groups excluding carboxylic acids is 1. The van der Waals surface area contributed by atoms with E-state index in [9.17, 15) is 4.79 Å². The molecule has 1 aliphatic heterocycles. The quantitative estimate of drug-likeness (QED) is 0.905. The summed E-state index contributed by atoms with van der Waals surface area (Å²) in [6, 6.07) is 7.35. The van der Waals surface area contributed by atoms with Crippen LogP contribution < -0.4 is 5.32 Å². The van der Waals surface area contributed by atoms with Crippen molar-refractivity contribution < 1.29 is 9.63 Å². The van der Waals surface area contributed by atoms with Crippen LogP contribution in [-0.2, 0) is 22.7 Å². The van der Waals surface area contributed by atoms with Gasteiger partial charge in [0, 0.05) is 36.3 Å². The second-order valence-corrected chi connectivity index (χ2v) is 6.10. The molecule has 1 atom stereocenters. The van der Waals surface area contributed by atoms with Crippen molar-refractivity contribution in [3.05, 3.63) is 52.3 Å². The molecule has 2 aromatic rings. The molecule has 0 aliphatic carbocycles. The highest BCUT2D eigenvalue weighted by atomic mass is 35.5. The second-order valence-electron chi connectivity index (χ2n) is 5.66. The molecule has 0 spiro atoms. The maximum absolute atomic E-state index is 12.3. The Morgan fingerprint density at radius 3 is 2.83 bits per heavy atom. The fraction of sp³-hybridized carbons (Fsp3) is 0.353.